The average Bonchev–Trinajstić information content (AvgIpc) is 3.39. The Morgan fingerprint density at radius 2 is 1.93 bits per heavy atom. The minimum Gasteiger partial charge on any atom is -0.497 e. The van der Waals surface area contributed by atoms with Crippen LogP contribution in [0.15, 0.2) is 60.0 Å². The van der Waals surface area contributed by atoms with Gasteiger partial charge in [-0.1, -0.05) is 30.3 Å². The first kappa shape index (κ1) is 20.0. The van der Waals surface area contributed by atoms with Gasteiger partial charge in [-0.15, -0.1) is 11.3 Å². The van der Waals surface area contributed by atoms with Crippen LogP contribution in [0, 0.1) is 4.77 Å². The van der Waals surface area contributed by atoms with Gasteiger partial charge in [-0.2, -0.15) is 5.10 Å². The standard InChI is InChI=1S/C21H19N5O2S2/c1-28-16-9-7-15(8-10-16)19-24-25-21(29)26(19)12-11-18(27)23-20-22-17(13-30-20)14-5-3-2-4-6-14/h2-10,13H,11-12H2,1H3,(H,25,29)(H,22,23,27). The minimum atomic E-state index is -0.132. The highest BCUT2D eigenvalue weighted by atomic mass is 32.1. The molecule has 2 N–H and O–H groups in total. The smallest absolute Gasteiger partial charge is 0.227 e. The molecule has 4 rings (SSSR count). The molecule has 7 nitrogen and oxygen atoms in total. The number of methoxy groups -OCH3 is 1. The molecule has 1 amide bonds. The van der Waals surface area contributed by atoms with Gasteiger partial charge in [0, 0.05) is 29.5 Å². The molecule has 30 heavy (non-hydrogen) atoms. The van der Waals surface area contributed by atoms with Gasteiger partial charge < -0.3 is 10.1 Å². The van der Waals surface area contributed by atoms with Crippen molar-refractivity contribution in [3.63, 3.8) is 0 Å². The third-order valence-electron chi connectivity index (χ3n) is 4.49. The Balaban J connectivity index is 1.41. The number of aromatic amines is 1. The fourth-order valence-corrected chi connectivity index (χ4v) is 3.91. The number of ether oxygens (including phenoxy) is 1. The van der Waals surface area contributed by atoms with Gasteiger partial charge in [-0.05, 0) is 36.5 Å². The fourth-order valence-electron chi connectivity index (χ4n) is 2.95. The highest BCUT2D eigenvalue weighted by Crippen LogP contribution is 2.25. The maximum Gasteiger partial charge on any atom is 0.227 e. The molecule has 0 radical (unpaired) electrons. The molecule has 0 saturated carbocycles. The first-order valence-electron chi connectivity index (χ1n) is 9.24. The molecule has 2 heterocycles. The van der Waals surface area contributed by atoms with Gasteiger partial charge >= 0.3 is 0 Å². The number of nitrogens with zero attached hydrogens (tertiary/aromatic N) is 3. The van der Waals surface area contributed by atoms with Crippen molar-refractivity contribution < 1.29 is 9.53 Å². The van der Waals surface area contributed by atoms with E-state index in [1.54, 1.807) is 7.11 Å². The third-order valence-corrected chi connectivity index (χ3v) is 5.56. The van der Waals surface area contributed by atoms with Gasteiger partial charge in [0.1, 0.15) is 5.75 Å². The number of amides is 1. The Kier molecular flexibility index (Phi) is 6.01. The van der Waals surface area contributed by atoms with Crippen molar-refractivity contribution in [1.82, 2.24) is 19.7 Å². The number of H-pyrrole nitrogens is 1. The summed E-state index contributed by atoms with van der Waals surface area (Å²) in [5, 5.41) is 12.5. The predicted molar refractivity (Wildman–Crippen MR) is 120 cm³/mol. The lowest BCUT2D eigenvalue weighted by Gasteiger charge is -2.07. The van der Waals surface area contributed by atoms with E-state index < -0.39 is 0 Å². The molecule has 0 saturated heterocycles. The van der Waals surface area contributed by atoms with Gasteiger partial charge in [0.15, 0.2) is 15.7 Å². The van der Waals surface area contributed by atoms with E-state index in [4.69, 9.17) is 17.0 Å². The van der Waals surface area contributed by atoms with Crippen LogP contribution in [0.5, 0.6) is 5.75 Å². The number of carbonyl (C=O) groups excluding carboxylic acids is 1. The Labute approximate surface area is 182 Å². The van der Waals surface area contributed by atoms with Gasteiger partial charge in [0.05, 0.1) is 12.8 Å². The Hall–Kier alpha value is -3.30. The van der Waals surface area contributed by atoms with Crippen LogP contribution in [0.1, 0.15) is 6.42 Å². The number of thiazole rings is 1. The topological polar surface area (TPSA) is 84.8 Å². The summed E-state index contributed by atoms with van der Waals surface area (Å²) in [4.78, 5) is 17.0. The molecule has 0 bridgehead atoms. The molecule has 4 aromatic rings. The van der Waals surface area contributed by atoms with Crippen molar-refractivity contribution in [2.75, 3.05) is 12.4 Å². The van der Waals surface area contributed by atoms with E-state index in [9.17, 15) is 4.79 Å². The number of rotatable bonds is 7. The Morgan fingerprint density at radius 1 is 1.17 bits per heavy atom. The van der Waals surface area contributed by atoms with Gasteiger partial charge in [-0.25, -0.2) is 4.98 Å². The molecule has 9 heteroatoms. The number of hydrogen-bond donors (Lipinski definition) is 2. The van der Waals surface area contributed by atoms with Crippen LogP contribution < -0.4 is 10.1 Å². The lowest BCUT2D eigenvalue weighted by Crippen LogP contribution is -2.15. The lowest BCUT2D eigenvalue weighted by atomic mass is 10.2. The van der Waals surface area contributed by atoms with Crippen LogP contribution >= 0.6 is 23.6 Å². The number of anilines is 1. The average molecular weight is 438 g/mol. The molecule has 152 valence electrons. The van der Waals surface area contributed by atoms with Crippen molar-refractivity contribution >= 4 is 34.6 Å². The van der Waals surface area contributed by atoms with E-state index in [1.165, 1.54) is 11.3 Å². The fraction of sp³-hybridized carbons (Fsp3) is 0.143. The van der Waals surface area contributed by atoms with Crippen LogP contribution in [0.4, 0.5) is 5.13 Å². The zero-order chi connectivity index (χ0) is 20.9. The number of aromatic nitrogens is 4. The second kappa shape index (κ2) is 9.02. The zero-order valence-corrected chi connectivity index (χ0v) is 17.8. The first-order chi connectivity index (χ1) is 14.6. The summed E-state index contributed by atoms with van der Waals surface area (Å²) in [7, 11) is 1.62. The monoisotopic (exact) mass is 437 g/mol. The van der Waals surface area contributed by atoms with Crippen molar-refractivity contribution in [3.05, 3.63) is 64.7 Å². The van der Waals surface area contributed by atoms with Crippen LogP contribution in [-0.2, 0) is 11.3 Å². The molecule has 0 aliphatic rings. The molecule has 2 aromatic heterocycles. The largest absolute Gasteiger partial charge is 0.497 e. The number of nitrogens with one attached hydrogen (secondary N) is 2. The number of hydrogen-bond acceptors (Lipinski definition) is 6. The second-order valence-electron chi connectivity index (χ2n) is 6.43. The van der Waals surface area contributed by atoms with Crippen LogP contribution in [0.2, 0.25) is 0 Å². The zero-order valence-electron chi connectivity index (χ0n) is 16.2. The van der Waals surface area contributed by atoms with E-state index >= 15 is 0 Å². The van der Waals surface area contributed by atoms with E-state index in [2.05, 4.69) is 20.5 Å². The molecule has 2 aromatic carbocycles. The highest BCUT2D eigenvalue weighted by molar-refractivity contribution is 7.71. The summed E-state index contributed by atoms with van der Waals surface area (Å²) in [6, 6.07) is 17.4. The summed E-state index contributed by atoms with van der Waals surface area (Å²) in [5.41, 5.74) is 2.74. The SMILES string of the molecule is COc1ccc(-c2n[nH]c(=S)n2CCC(=O)Nc2nc(-c3ccccc3)cs2)cc1. The first-order valence-corrected chi connectivity index (χ1v) is 10.5. The van der Waals surface area contributed by atoms with Gasteiger partial charge in [0.25, 0.3) is 0 Å². The minimum absolute atomic E-state index is 0.132. The van der Waals surface area contributed by atoms with Crippen molar-refractivity contribution in [1.29, 1.82) is 0 Å². The molecule has 0 spiro atoms. The maximum atomic E-state index is 12.5. The number of carbonyl (C=O) groups is 1. The molecule has 0 aliphatic heterocycles. The third kappa shape index (κ3) is 4.47. The van der Waals surface area contributed by atoms with Crippen LogP contribution in [0.3, 0.4) is 0 Å². The summed E-state index contributed by atoms with van der Waals surface area (Å²) in [6.07, 6.45) is 0.247. The van der Waals surface area contributed by atoms with E-state index in [0.29, 0.717) is 22.3 Å². The molecule has 0 atom stereocenters. The molecule has 0 fully saturated rings. The highest BCUT2D eigenvalue weighted by Gasteiger charge is 2.12. The summed E-state index contributed by atoms with van der Waals surface area (Å²) < 4.78 is 7.47. The van der Waals surface area contributed by atoms with E-state index in [1.807, 2.05) is 64.5 Å². The maximum absolute atomic E-state index is 12.5. The predicted octanol–water partition coefficient (Wildman–Crippen LogP) is 4.77. The van der Waals surface area contributed by atoms with E-state index in [-0.39, 0.29) is 12.3 Å². The number of benzene rings is 2. The van der Waals surface area contributed by atoms with Gasteiger partial charge in [0.2, 0.25) is 5.91 Å². The summed E-state index contributed by atoms with van der Waals surface area (Å²) in [6.45, 7) is 0.402. The molecule has 0 aliphatic carbocycles. The van der Waals surface area contributed by atoms with Crippen molar-refractivity contribution in [2.45, 2.75) is 13.0 Å². The summed E-state index contributed by atoms with van der Waals surface area (Å²) in [5.74, 6) is 1.31. The quantitative estimate of drug-likeness (QED) is 0.407. The second-order valence-corrected chi connectivity index (χ2v) is 7.68. The molecular weight excluding hydrogens is 418 g/mol. The molecule has 0 unspecified atom stereocenters. The van der Waals surface area contributed by atoms with Gasteiger partial charge in [-0.3, -0.25) is 14.5 Å². The van der Waals surface area contributed by atoms with Crippen molar-refractivity contribution in [3.8, 4) is 28.4 Å². The summed E-state index contributed by atoms with van der Waals surface area (Å²) >= 11 is 6.74. The van der Waals surface area contributed by atoms with Crippen LogP contribution in [0.25, 0.3) is 22.6 Å². The van der Waals surface area contributed by atoms with Crippen LogP contribution in [-0.4, -0.2) is 32.8 Å². The van der Waals surface area contributed by atoms with E-state index in [0.717, 1.165) is 22.6 Å². The normalized spacial score (nSPS) is 10.7. The van der Waals surface area contributed by atoms with Crippen molar-refractivity contribution in [2.24, 2.45) is 0 Å². The Bertz CT molecular complexity index is 1200. The Morgan fingerprint density at radius 3 is 2.67 bits per heavy atom. The molecular formula is C21H19N5O2S2. The lowest BCUT2D eigenvalue weighted by molar-refractivity contribution is -0.116.